The summed E-state index contributed by atoms with van der Waals surface area (Å²) >= 11 is 0. The van der Waals surface area contributed by atoms with Crippen molar-refractivity contribution in [3.63, 3.8) is 0 Å². The lowest BCUT2D eigenvalue weighted by Gasteiger charge is -2.33. The van der Waals surface area contributed by atoms with E-state index in [2.05, 4.69) is 67.5 Å². The second-order valence-corrected chi connectivity index (χ2v) is 8.92. The fourth-order valence-electron chi connectivity index (χ4n) is 5.54. The molecule has 0 N–H and O–H groups in total. The molecule has 5 rings (SSSR count). The van der Waals surface area contributed by atoms with E-state index in [1.165, 1.54) is 76.4 Å². The van der Waals surface area contributed by atoms with E-state index in [1.807, 2.05) is 0 Å². The zero-order chi connectivity index (χ0) is 18.8. The van der Waals surface area contributed by atoms with E-state index in [0.717, 1.165) is 13.1 Å². The van der Waals surface area contributed by atoms with Gasteiger partial charge >= 0.3 is 0 Å². The zero-order valence-corrected chi connectivity index (χ0v) is 17.2. The Hall–Kier alpha value is -2.09. The van der Waals surface area contributed by atoms with Crippen LogP contribution in [0, 0.1) is 0 Å². The van der Waals surface area contributed by atoms with Crippen LogP contribution in [0.5, 0.6) is 0 Å². The fraction of sp³-hybridized carbons (Fsp3) is 0.480. The van der Waals surface area contributed by atoms with Gasteiger partial charge in [0.2, 0.25) is 5.36 Å². The van der Waals surface area contributed by atoms with Crippen LogP contribution in [0.3, 0.4) is 0 Å². The van der Waals surface area contributed by atoms with Crippen molar-refractivity contribution in [2.75, 3.05) is 31.1 Å². The van der Waals surface area contributed by atoms with E-state index in [1.54, 1.807) is 0 Å². The molecule has 2 aromatic carbocycles. The summed E-state index contributed by atoms with van der Waals surface area (Å²) in [4.78, 5) is 2.53. The predicted octanol–water partition coefficient (Wildman–Crippen LogP) is 2.99. The second kappa shape index (κ2) is 5.95. The number of anilines is 1. The first-order valence-electron chi connectivity index (χ1n) is 10.7. The minimum absolute atomic E-state index is 0.0440. The molecule has 0 amide bonds. The quantitative estimate of drug-likeness (QED) is 0.747. The van der Waals surface area contributed by atoms with Gasteiger partial charge in [0.05, 0.1) is 0 Å². The standard InChI is InChI=1S/C25H31N2/c1-5-26-10-7-8-17-12-19-14-20-13-18-9-11-27(6-2)24(18)16-22(20)25(3,4)21(19)15-23(17)26/h12-16H,5-11H2,1-4H3/q+1. The van der Waals surface area contributed by atoms with Crippen LogP contribution in [-0.2, 0) is 18.3 Å². The molecule has 0 spiro atoms. The molecule has 3 aliphatic rings. The number of likely N-dealkylation sites (N-methyl/N-ethyl adjacent to an activating group) is 1. The van der Waals surface area contributed by atoms with Crippen LogP contribution in [-0.4, -0.2) is 26.2 Å². The summed E-state index contributed by atoms with van der Waals surface area (Å²) < 4.78 is 2.56. The van der Waals surface area contributed by atoms with Crippen molar-refractivity contribution in [1.82, 2.24) is 4.58 Å². The Morgan fingerprint density at radius 3 is 2.63 bits per heavy atom. The third-order valence-electron chi connectivity index (χ3n) is 7.13. The highest BCUT2D eigenvalue weighted by Crippen LogP contribution is 2.40. The minimum Gasteiger partial charge on any atom is -0.371 e. The lowest BCUT2D eigenvalue weighted by molar-refractivity contribution is 0.534. The maximum absolute atomic E-state index is 2.56. The third-order valence-corrected chi connectivity index (χ3v) is 7.13. The van der Waals surface area contributed by atoms with Gasteiger partial charge in [0, 0.05) is 42.2 Å². The molecule has 2 aromatic rings. The van der Waals surface area contributed by atoms with E-state index in [0.29, 0.717) is 0 Å². The van der Waals surface area contributed by atoms with Crippen molar-refractivity contribution in [3.05, 3.63) is 62.7 Å². The topological polar surface area (TPSA) is 6.25 Å². The van der Waals surface area contributed by atoms with Crippen LogP contribution >= 0.6 is 0 Å². The largest absolute Gasteiger partial charge is 0.371 e. The van der Waals surface area contributed by atoms with Crippen molar-refractivity contribution in [1.29, 1.82) is 0 Å². The first kappa shape index (κ1) is 17.0. The van der Waals surface area contributed by atoms with Crippen molar-refractivity contribution in [2.24, 2.45) is 0 Å². The summed E-state index contributed by atoms with van der Waals surface area (Å²) in [6.45, 7) is 14.0. The lowest BCUT2D eigenvalue weighted by atomic mass is 9.71. The maximum Gasteiger partial charge on any atom is 0.203 e. The van der Waals surface area contributed by atoms with Gasteiger partial charge in [-0.2, -0.15) is 0 Å². The molecule has 0 saturated heterocycles. The van der Waals surface area contributed by atoms with Gasteiger partial charge in [-0.15, -0.1) is 0 Å². The molecule has 0 fully saturated rings. The number of rotatable bonds is 2. The molecular weight excluding hydrogens is 328 g/mol. The molecule has 1 aliphatic carbocycles. The number of benzene rings is 2. The highest BCUT2D eigenvalue weighted by Gasteiger charge is 2.33. The first-order chi connectivity index (χ1) is 13.0. The summed E-state index contributed by atoms with van der Waals surface area (Å²) in [6, 6.07) is 9.97. The molecule has 0 saturated carbocycles. The van der Waals surface area contributed by atoms with E-state index >= 15 is 0 Å². The smallest absolute Gasteiger partial charge is 0.203 e. The maximum atomic E-state index is 2.56. The highest BCUT2D eigenvalue weighted by molar-refractivity contribution is 5.71. The van der Waals surface area contributed by atoms with Gasteiger partial charge in [-0.1, -0.05) is 13.8 Å². The van der Waals surface area contributed by atoms with Gasteiger partial charge in [-0.3, -0.25) is 0 Å². The molecule has 2 heterocycles. The van der Waals surface area contributed by atoms with Gasteiger partial charge in [0.15, 0.2) is 0 Å². The van der Waals surface area contributed by atoms with Crippen molar-refractivity contribution >= 4 is 11.8 Å². The van der Waals surface area contributed by atoms with Crippen molar-refractivity contribution in [2.45, 2.75) is 52.4 Å². The first-order valence-corrected chi connectivity index (χ1v) is 10.7. The molecule has 2 heteroatoms. The molecule has 2 nitrogen and oxygen atoms in total. The molecule has 0 bridgehead atoms. The van der Waals surface area contributed by atoms with Crippen LogP contribution in [0.2, 0.25) is 0 Å². The number of hydrogen-bond acceptors (Lipinski definition) is 1. The number of fused-ring (bicyclic) bond motifs is 4. The van der Waals surface area contributed by atoms with Crippen molar-refractivity contribution < 1.29 is 0 Å². The van der Waals surface area contributed by atoms with Crippen LogP contribution < -0.4 is 20.1 Å². The fourth-order valence-corrected chi connectivity index (χ4v) is 5.54. The average molecular weight is 360 g/mol. The Labute approximate surface area is 162 Å². The Kier molecular flexibility index (Phi) is 3.76. The summed E-state index contributed by atoms with van der Waals surface area (Å²) in [7, 11) is 0. The number of aryl methyl sites for hydroxylation is 1. The molecular formula is C25H31N2+. The van der Waals surface area contributed by atoms with Crippen LogP contribution in [0.1, 0.15) is 61.9 Å². The summed E-state index contributed by atoms with van der Waals surface area (Å²) in [5.41, 5.74) is 9.00. The van der Waals surface area contributed by atoms with Gasteiger partial charge in [-0.25, -0.2) is 4.58 Å². The van der Waals surface area contributed by atoms with Gasteiger partial charge < -0.3 is 4.90 Å². The van der Waals surface area contributed by atoms with E-state index in [9.17, 15) is 0 Å². The molecule has 0 unspecified atom stereocenters. The summed E-state index contributed by atoms with van der Waals surface area (Å²) in [6.07, 6.45) is 6.14. The van der Waals surface area contributed by atoms with Crippen molar-refractivity contribution in [3.8, 4) is 0 Å². The Balaban J connectivity index is 1.78. The monoisotopic (exact) mass is 359 g/mol. The molecule has 0 atom stereocenters. The summed E-state index contributed by atoms with van der Waals surface area (Å²) in [5, 5.41) is 2.92. The van der Waals surface area contributed by atoms with Gasteiger partial charge in [0.1, 0.15) is 13.1 Å². The third kappa shape index (κ3) is 2.42. The zero-order valence-electron chi connectivity index (χ0n) is 17.2. The lowest BCUT2D eigenvalue weighted by Crippen LogP contribution is -2.42. The van der Waals surface area contributed by atoms with Crippen LogP contribution in [0.25, 0.3) is 6.08 Å². The summed E-state index contributed by atoms with van der Waals surface area (Å²) in [5.74, 6) is 0. The minimum atomic E-state index is 0.0440. The highest BCUT2D eigenvalue weighted by atomic mass is 15.1. The predicted molar refractivity (Wildman–Crippen MR) is 114 cm³/mol. The molecule has 140 valence electrons. The van der Waals surface area contributed by atoms with Crippen LogP contribution in [0.4, 0.5) is 5.69 Å². The Morgan fingerprint density at radius 2 is 1.85 bits per heavy atom. The van der Waals surface area contributed by atoms with E-state index in [4.69, 9.17) is 0 Å². The number of hydrogen-bond donors (Lipinski definition) is 0. The second-order valence-electron chi connectivity index (χ2n) is 8.92. The molecule has 0 aromatic heterocycles. The van der Waals surface area contributed by atoms with Crippen LogP contribution in [0.15, 0.2) is 24.3 Å². The normalized spacial score (nSPS) is 19.1. The SMILES string of the molecule is CCN1CCc2cc3c(cc21)C(C)(C)c1cc2c(cc1=C3)CCC[N+]=2CC. The van der Waals surface area contributed by atoms with E-state index in [-0.39, 0.29) is 5.41 Å². The van der Waals surface area contributed by atoms with E-state index < -0.39 is 0 Å². The number of nitrogens with zero attached hydrogens (tertiary/aromatic N) is 2. The Morgan fingerprint density at radius 1 is 1.00 bits per heavy atom. The average Bonchev–Trinajstić information content (AvgIpc) is 3.07. The van der Waals surface area contributed by atoms with Gasteiger partial charge in [0.25, 0.3) is 0 Å². The molecule has 0 radical (unpaired) electrons. The molecule has 2 aliphatic heterocycles. The van der Waals surface area contributed by atoms with Gasteiger partial charge in [-0.05, 0) is 78.4 Å². The molecule has 27 heavy (non-hydrogen) atoms. The Bertz CT molecular complexity index is 1060.